The van der Waals surface area contributed by atoms with Crippen molar-refractivity contribution >= 4 is 11.5 Å². The van der Waals surface area contributed by atoms with Crippen LogP contribution in [0.25, 0.3) is 0 Å². The van der Waals surface area contributed by atoms with E-state index in [1.165, 1.54) is 6.07 Å². The molecule has 2 rings (SSSR count). The van der Waals surface area contributed by atoms with Gasteiger partial charge in [0.05, 0.1) is 4.92 Å². The Kier molecular flexibility index (Phi) is 3.75. The summed E-state index contributed by atoms with van der Waals surface area (Å²) in [4.78, 5) is 22.4. The molecule has 1 aromatic carbocycles. The van der Waals surface area contributed by atoms with Crippen molar-refractivity contribution in [2.24, 2.45) is 0 Å². The maximum Gasteiger partial charge on any atom is 0.273 e. The number of carbonyl (C=O) groups is 1. The minimum atomic E-state index is -0.484. The van der Waals surface area contributed by atoms with Gasteiger partial charge in [0.2, 0.25) is 5.78 Å². The second-order valence-electron chi connectivity index (χ2n) is 4.11. The fourth-order valence-corrected chi connectivity index (χ4v) is 1.82. The molecule has 1 heterocycles. The van der Waals surface area contributed by atoms with E-state index in [9.17, 15) is 14.9 Å². The van der Waals surface area contributed by atoms with Crippen molar-refractivity contribution in [3.8, 4) is 0 Å². The van der Waals surface area contributed by atoms with Crippen LogP contribution in [0, 0.1) is 10.1 Å². The standard InChI is InChI=1S/C14H13NO4/c1-2-11-7-8-14(19-11)13(16)9-10-5-3-4-6-12(10)15(17)18/h3-8H,2,9H2,1H3. The summed E-state index contributed by atoms with van der Waals surface area (Å²) >= 11 is 0. The van der Waals surface area contributed by atoms with Gasteiger partial charge in [-0.05, 0) is 12.1 Å². The summed E-state index contributed by atoms with van der Waals surface area (Å²) in [6, 6.07) is 9.58. The highest BCUT2D eigenvalue weighted by Crippen LogP contribution is 2.20. The fourth-order valence-electron chi connectivity index (χ4n) is 1.82. The van der Waals surface area contributed by atoms with E-state index in [0.717, 1.165) is 5.76 Å². The van der Waals surface area contributed by atoms with Gasteiger partial charge in [-0.15, -0.1) is 0 Å². The van der Waals surface area contributed by atoms with Crippen molar-refractivity contribution in [2.45, 2.75) is 19.8 Å². The first kappa shape index (κ1) is 13.0. The predicted molar refractivity (Wildman–Crippen MR) is 69.2 cm³/mol. The van der Waals surface area contributed by atoms with Crippen molar-refractivity contribution < 1.29 is 14.1 Å². The van der Waals surface area contributed by atoms with E-state index in [0.29, 0.717) is 12.0 Å². The van der Waals surface area contributed by atoms with E-state index in [1.54, 1.807) is 30.3 Å². The number of aryl methyl sites for hydroxylation is 1. The third kappa shape index (κ3) is 2.88. The minimum Gasteiger partial charge on any atom is -0.458 e. The zero-order valence-corrected chi connectivity index (χ0v) is 10.5. The number of hydrogen-bond acceptors (Lipinski definition) is 4. The fraction of sp³-hybridized carbons (Fsp3) is 0.214. The maximum absolute atomic E-state index is 12.0. The van der Waals surface area contributed by atoms with Gasteiger partial charge in [-0.3, -0.25) is 14.9 Å². The molecule has 0 atom stereocenters. The molecule has 0 spiro atoms. The summed E-state index contributed by atoms with van der Waals surface area (Å²) in [5.41, 5.74) is 0.352. The first-order chi connectivity index (χ1) is 9.11. The molecule has 98 valence electrons. The molecule has 5 heteroatoms. The third-order valence-electron chi connectivity index (χ3n) is 2.82. The summed E-state index contributed by atoms with van der Waals surface area (Å²) in [6.07, 6.45) is 0.673. The van der Waals surface area contributed by atoms with Crippen molar-refractivity contribution in [3.63, 3.8) is 0 Å². The normalized spacial score (nSPS) is 10.4. The molecular weight excluding hydrogens is 246 g/mol. The number of hydrogen-bond donors (Lipinski definition) is 0. The molecule has 0 aliphatic rings. The molecule has 19 heavy (non-hydrogen) atoms. The number of nitrogens with zero attached hydrogens (tertiary/aromatic N) is 1. The Balaban J connectivity index is 2.21. The first-order valence-corrected chi connectivity index (χ1v) is 5.96. The summed E-state index contributed by atoms with van der Waals surface area (Å²) in [5.74, 6) is 0.718. The van der Waals surface area contributed by atoms with Crippen molar-refractivity contribution in [1.82, 2.24) is 0 Å². The zero-order chi connectivity index (χ0) is 13.8. The number of rotatable bonds is 5. The van der Waals surface area contributed by atoms with E-state index in [4.69, 9.17) is 4.42 Å². The van der Waals surface area contributed by atoms with Crippen LogP contribution in [-0.4, -0.2) is 10.7 Å². The van der Waals surface area contributed by atoms with Crippen LogP contribution in [0.1, 0.15) is 28.8 Å². The zero-order valence-electron chi connectivity index (χ0n) is 10.5. The molecule has 0 unspecified atom stereocenters. The van der Waals surface area contributed by atoms with Gasteiger partial charge in [0, 0.05) is 24.5 Å². The SMILES string of the molecule is CCc1ccc(C(=O)Cc2ccccc2[N+](=O)[O-])o1. The highest BCUT2D eigenvalue weighted by molar-refractivity contribution is 5.95. The molecule has 0 aliphatic carbocycles. The van der Waals surface area contributed by atoms with Crippen LogP contribution in [0.4, 0.5) is 5.69 Å². The van der Waals surface area contributed by atoms with E-state index in [-0.39, 0.29) is 23.7 Å². The monoisotopic (exact) mass is 259 g/mol. The summed E-state index contributed by atoms with van der Waals surface area (Å²) in [5, 5.41) is 10.9. The number of benzene rings is 1. The Morgan fingerprint density at radius 2 is 2.00 bits per heavy atom. The average molecular weight is 259 g/mol. The number of ketones is 1. The Morgan fingerprint density at radius 1 is 1.26 bits per heavy atom. The summed E-state index contributed by atoms with van der Waals surface area (Å²) in [6.45, 7) is 1.93. The number of nitro benzene ring substituents is 1. The first-order valence-electron chi connectivity index (χ1n) is 5.96. The molecule has 0 bridgehead atoms. The summed E-state index contributed by atoms with van der Waals surface area (Å²) in [7, 11) is 0. The Hall–Kier alpha value is -2.43. The highest BCUT2D eigenvalue weighted by Gasteiger charge is 2.18. The van der Waals surface area contributed by atoms with Crippen molar-refractivity contribution in [3.05, 3.63) is 63.6 Å². The molecule has 1 aromatic heterocycles. The van der Waals surface area contributed by atoms with Crippen LogP contribution in [0.3, 0.4) is 0 Å². The average Bonchev–Trinajstić information content (AvgIpc) is 2.88. The molecule has 5 nitrogen and oxygen atoms in total. The van der Waals surface area contributed by atoms with Gasteiger partial charge in [-0.2, -0.15) is 0 Å². The maximum atomic E-state index is 12.0. The second-order valence-corrected chi connectivity index (χ2v) is 4.11. The molecule has 0 saturated heterocycles. The smallest absolute Gasteiger partial charge is 0.273 e. The number of carbonyl (C=O) groups excluding carboxylic acids is 1. The van der Waals surface area contributed by atoms with Crippen LogP contribution in [0.5, 0.6) is 0 Å². The second kappa shape index (κ2) is 5.48. The van der Waals surface area contributed by atoms with Crippen LogP contribution in [0.2, 0.25) is 0 Å². The molecular formula is C14H13NO4. The highest BCUT2D eigenvalue weighted by atomic mass is 16.6. The molecule has 2 aromatic rings. The van der Waals surface area contributed by atoms with E-state index >= 15 is 0 Å². The van der Waals surface area contributed by atoms with Crippen LogP contribution < -0.4 is 0 Å². The molecule has 0 fully saturated rings. The Labute approximate surface area is 110 Å². The van der Waals surface area contributed by atoms with Gasteiger partial charge >= 0.3 is 0 Å². The summed E-state index contributed by atoms with van der Waals surface area (Å²) < 4.78 is 5.35. The largest absolute Gasteiger partial charge is 0.458 e. The lowest BCUT2D eigenvalue weighted by molar-refractivity contribution is -0.385. The molecule has 0 N–H and O–H groups in total. The lowest BCUT2D eigenvalue weighted by Crippen LogP contribution is -2.04. The van der Waals surface area contributed by atoms with Gasteiger partial charge in [-0.1, -0.05) is 25.1 Å². The number of Topliss-reactive ketones (excluding diaryl/α,β-unsaturated/α-hetero) is 1. The van der Waals surface area contributed by atoms with Gasteiger partial charge in [0.1, 0.15) is 5.76 Å². The van der Waals surface area contributed by atoms with Gasteiger partial charge in [0.15, 0.2) is 5.76 Å². The van der Waals surface area contributed by atoms with Crippen LogP contribution in [0.15, 0.2) is 40.8 Å². The van der Waals surface area contributed by atoms with Crippen molar-refractivity contribution in [2.75, 3.05) is 0 Å². The van der Waals surface area contributed by atoms with Gasteiger partial charge < -0.3 is 4.42 Å². The molecule has 0 radical (unpaired) electrons. The minimum absolute atomic E-state index is 0.0339. The quantitative estimate of drug-likeness (QED) is 0.469. The lowest BCUT2D eigenvalue weighted by Gasteiger charge is -2.00. The topological polar surface area (TPSA) is 73.3 Å². The Morgan fingerprint density at radius 3 is 2.63 bits per heavy atom. The van der Waals surface area contributed by atoms with Crippen molar-refractivity contribution in [1.29, 1.82) is 0 Å². The van der Waals surface area contributed by atoms with E-state index < -0.39 is 4.92 Å². The molecule has 0 aliphatic heterocycles. The number of para-hydroxylation sites is 1. The third-order valence-corrected chi connectivity index (χ3v) is 2.82. The number of furan rings is 1. The van der Waals surface area contributed by atoms with E-state index in [1.807, 2.05) is 6.92 Å². The van der Waals surface area contributed by atoms with E-state index in [2.05, 4.69) is 0 Å². The molecule has 0 amide bonds. The van der Waals surface area contributed by atoms with Crippen LogP contribution in [-0.2, 0) is 12.8 Å². The van der Waals surface area contributed by atoms with Crippen LogP contribution >= 0.6 is 0 Å². The van der Waals surface area contributed by atoms with Gasteiger partial charge in [-0.25, -0.2) is 0 Å². The molecule has 0 saturated carbocycles. The Bertz CT molecular complexity index is 615. The lowest BCUT2D eigenvalue weighted by atomic mass is 10.1. The van der Waals surface area contributed by atoms with Gasteiger partial charge in [0.25, 0.3) is 5.69 Å². The number of nitro groups is 1. The predicted octanol–water partition coefficient (Wildman–Crippen LogP) is 3.18.